The van der Waals surface area contributed by atoms with Crippen molar-refractivity contribution >= 4 is 9.84 Å². The molecule has 0 amide bonds. The molecule has 0 spiro atoms. The Morgan fingerprint density at radius 2 is 2.22 bits per heavy atom. The number of benzene rings is 1. The summed E-state index contributed by atoms with van der Waals surface area (Å²) in [5.74, 6) is -1.02. The molecule has 0 aromatic heterocycles. The molecule has 1 aromatic rings. The number of aliphatic hydroxyl groups excluding tert-OH is 1. The molecular weight excluding hydrogens is 257 g/mol. The van der Waals surface area contributed by atoms with Gasteiger partial charge in [-0.2, -0.15) is 5.26 Å². The molecule has 2 atom stereocenters. The summed E-state index contributed by atoms with van der Waals surface area (Å²) >= 11 is 0. The van der Waals surface area contributed by atoms with Crippen LogP contribution in [0.3, 0.4) is 0 Å². The zero-order valence-corrected chi connectivity index (χ0v) is 10.3. The number of nitriles is 1. The number of nitrogens with zero attached hydrogens (tertiary/aromatic N) is 1. The van der Waals surface area contributed by atoms with Crippen LogP contribution >= 0.6 is 0 Å². The SMILES string of the molecule is N#Cc1cc(C(O)C2CCS(=O)(=O)C2)ccc1F. The normalized spacial score (nSPS) is 23.5. The largest absolute Gasteiger partial charge is 0.388 e. The molecule has 1 saturated heterocycles. The van der Waals surface area contributed by atoms with Crippen molar-refractivity contribution in [2.75, 3.05) is 11.5 Å². The fourth-order valence-corrected chi connectivity index (χ4v) is 3.99. The van der Waals surface area contributed by atoms with Gasteiger partial charge in [-0.25, -0.2) is 12.8 Å². The molecule has 1 N–H and O–H groups in total. The monoisotopic (exact) mass is 269 g/mol. The zero-order valence-electron chi connectivity index (χ0n) is 9.51. The van der Waals surface area contributed by atoms with E-state index in [2.05, 4.69) is 0 Å². The third-order valence-corrected chi connectivity index (χ3v) is 4.96. The zero-order chi connectivity index (χ0) is 13.3. The number of sulfone groups is 1. The van der Waals surface area contributed by atoms with Crippen molar-refractivity contribution in [1.82, 2.24) is 0 Å². The Morgan fingerprint density at radius 1 is 1.50 bits per heavy atom. The molecule has 2 unspecified atom stereocenters. The van der Waals surface area contributed by atoms with E-state index in [4.69, 9.17) is 5.26 Å². The minimum absolute atomic E-state index is 0.0621. The second-order valence-corrected chi connectivity index (χ2v) is 6.69. The van der Waals surface area contributed by atoms with Crippen LogP contribution in [0.2, 0.25) is 0 Å². The molecule has 1 aromatic carbocycles. The van der Waals surface area contributed by atoms with E-state index in [0.717, 1.165) is 6.07 Å². The van der Waals surface area contributed by atoms with Gasteiger partial charge in [0.05, 0.1) is 23.2 Å². The van der Waals surface area contributed by atoms with Crippen molar-refractivity contribution in [1.29, 1.82) is 5.26 Å². The van der Waals surface area contributed by atoms with Crippen LogP contribution in [0, 0.1) is 23.1 Å². The van der Waals surface area contributed by atoms with Gasteiger partial charge in [-0.05, 0) is 24.1 Å². The molecule has 0 bridgehead atoms. The smallest absolute Gasteiger partial charge is 0.150 e. The molecular formula is C12H12FNO3S. The Labute approximate surface area is 105 Å². The van der Waals surface area contributed by atoms with Crippen LogP contribution in [0.1, 0.15) is 23.7 Å². The van der Waals surface area contributed by atoms with Gasteiger partial charge in [0.15, 0.2) is 9.84 Å². The number of hydrogen-bond donors (Lipinski definition) is 1. The van der Waals surface area contributed by atoms with E-state index in [9.17, 15) is 17.9 Å². The number of rotatable bonds is 2. The van der Waals surface area contributed by atoms with Gasteiger partial charge >= 0.3 is 0 Å². The summed E-state index contributed by atoms with van der Waals surface area (Å²) in [4.78, 5) is 0. The predicted octanol–water partition coefficient (Wildman–Crippen LogP) is 1.17. The van der Waals surface area contributed by atoms with Gasteiger partial charge < -0.3 is 5.11 Å². The summed E-state index contributed by atoms with van der Waals surface area (Å²) < 4.78 is 35.8. The van der Waals surface area contributed by atoms with Crippen LogP contribution in [-0.4, -0.2) is 25.0 Å². The minimum atomic E-state index is -3.07. The van der Waals surface area contributed by atoms with Crippen molar-refractivity contribution in [2.45, 2.75) is 12.5 Å². The highest BCUT2D eigenvalue weighted by atomic mass is 32.2. The van der Waals surface area contributed by atoms with Crippen LogP contribution < -0.4 is 0 Å². The molecule has 18 heavy (non-hydrogen) atoms. The fourth-order valence-electron chi connectivity index (χ4n) is 2.16. The quantitative estimate of drug-likeness (QED) is 0.874. The van der Waals surface area contributed by atoms with Gasteiger partial charge in [0.1, 0.15) is 11.9 Å². The van der Waals surface area contributed by atoms with E-state index in [1.54, 1.807) is 6.07 Å². The fraction of sp³-hybridized carbons (Fsp3) is 0.417. The lowest BCUT2D eigenvalue weighted by Crippen LogP contribution is -2.14. The van der Waals surface area contributed by atoms with Gasteiger partial charge in [0.25, 0.3) is 0 Å². The average molecular weight is 269 g/mol. The molecule has 4 nitrogen and oxygen atoms in total. The Hall–Kier alpha value is -1.45. The predicted molar refractivity (Wildman–Crippen MR) is 62.8 cm³/mol. The van der Waals surface area contributed by atoms with E-state index in [-0.39, 0.29) is 23.0 Å². The van der Waals surface area contributed by atoms with Gasteiger partial charge in [-0.15, -0.1) is 0 Å². The van der Waals surface area contributed by atoms with Gasteiger partial charge in [-0.1, -0.05) is 6.07 Å². The summed E-state index contributed by atoms with van der Waals surface area (Å²) in [6, 6.07) is 5.45. The highest BCUT2D eigenvalue weighted by Gasteiger charge is 2.33. The molecule has 0 radical (unpaired) electrons. The number of aliphatic hydroxyl groups is 1. The first-order valence-electron chi connectivity index (χ1n) is 5.51. The van der Waals surface area contributed by atoms with Crippen LogP contribution in [0.15, 0.2) is 18.2 Å². The molecule has 1 fully saturated rings. The van der Waals surface area contributed by atoms with Crippen molar-refractivity contribution in [3.8, 4) is 6.07 Å². The Morgan fingerprint density at radius 3 is 2.78 bits per heavy atom. The molecule has 1 aliphatic rings. The third-order valence-electron chi connectivity index (χ3n) is 3.17. The first-order valence-corrected chi connectivity index (χ1v) is 7.33. The summed E-state index contributed by atoms with van der Waals surface area (Å²) in [5.41, 5.74) is 0.238. The van der Waals surface area contributed by atoms with Crippen LogP contribution in [0.25, 0.3) is 0 Å². The van der Waals surface area contributed by atoms with Crippen molar-refractivity contribution in [2.24, 2.45) is 5.92 Å². The standard InChI is InChI=1S/C12H12FNO3S/c13-11-2-1-8(5-10(11)6-14)12(15)9-3-4-18(16,17)7-9/h1-2,5,9,12,15H,3-4,7H2. The number of halogens is 1. The lowest BCUT2D eigenvalue weighted by molar-refractivity contribution is 0.121. The Balaban J connectivity index is 2.25. The summed E-state index contributed by atoms with van der Waals surface area (Å²) in [5, 5.41) is 18.8. The van der Waals surface area contributed by atoms with Crippen LogP contribution in [0.5, 0.6) is 0 Å². The molecule has 6 heteroatoms. The van der Waals surface area contributed by atoms with Gasteiger partial charge in [0.2, 0.25) is 0 Å². The maximum Gasteiger partial charge on any atom is 0.150 e. The molecule has 96 valence electrons. The van der Waals surface area contributed by atoms with E-state index in [1.807, 2.05) is 0 Å². The van der Waals surface area contributed by atoms with E-state index < -0.39 is 21.8 Å². The van der Waals surface area contributed by atoms with Crippen molar-refractivity contribution in [3.05, 3.63) is 35.1 Å². The molecule has 2 rings (SSSR count). The minimum Gasteiger partial charge on any atom is -0.388 e. The van der Waals surface area contributed by atoms with Crippen LogP contribution in [0.4, 0.5) is 4.39 Å². The molecule has 0 saturated carbocycles. The summed E-state index contributed by atoms with van der Waals surface area (Å²) in [6.07, 6.45) is -0.585. The second-order valence-electron chi connectivity index (χ2n) is 4.46. The highest BCUT2D eigenvalue weighted by molar-refractivity contribution is 7.91. The van der Waals surface area contributed by atoms with Crippen LogP contribution in [-0.2, 0) is 9.84 Å². The highest BCUT2D eigenvalue weighted by Crippen LogP contribution is 2.31. The van der Waals surface area contributed by atoms with Crippen molar-refractivity contribution < 1.29 is 17.9 Å². The number of hydrogen-bond acceptors (Lipinski definition) is 4. The molecule has 1 aliphatic heterocycles. The lowest BCUT2D eigenvalue weighted by atomic mass is 9.94. The second kappa shape index (κ2) is 4.67. The Kier molecular flexibility index (Phi) is 3.37. The maximum atomic E-state index is 13.1. The van der Waals surface area contributed by atoms with E-state index >= 15 is 0 Å². The summed E-state index contributed by atoms with van der Waals surface area (Å²) in [6.45, 7) is 0. The molecule has 0 aliphatic carbocycles. The van der Waals surface area contributed by atoms with Gasteiger partial charge in [0, 0.05) is 5.92 Å². The van der Waals surface area contributed by atoms with E-state index in [1.165, 1.54) is 12.1 Å². The molecule has 1 heterocycles. The van der Waals surface area contributed by atoms with Gasteiger partial charge in [-0.3, -0.25) is 0 Å². The van der Waals surface area contributed by atoms with E-state index in [0.29, 0.717) is 12.0 Å². The first kappa shape index (κ1) is 13.0. The lowest BCUT2D eigenvalue weighted by Gasteiger charge is -2.17. The topological polar surface area (TPSA) is 78.2 Å². The first-order chi connectivity index (χ1) is 8.43. The van der Waals surface area contributed by atoms with Crippen molar-refractivity contribution in [3.63, 3.8) is 0 Å². The maximum absolute atomic E-state index is 13.1. The summed E-state index contributed by atoms with van der Waals surface area (Å²) in [7, 11) is -3.07. The average Bonchev–Trinajstić information content (AvgIpc) is 2.69. The Bertz CT molecular complexity index is 606. The third kappa shape index (κ3) is 2.52.